The van der Waals surface area contributed by atoms with Crippen LogP contribution in [0.2, 0.25) is 5.02 Å². The van der Waals surface area contributed by atoms with Gasteiger partial charge in [-0.3, -0.25) is 0 Å². The van der Waals surface area contributed by atoms with E-state index in [1.807, 2.05) is 6.92 Å². The number of sulfonamides is 1. The van der Waals surface area contributed by atoms with Gasteiger partial charge >= 0.3 is 0 Å². The van der Waals surface area contributed by atoms with E-state index in [1.54, 1.807) is 6.07 Å². The van der Waals surface area contributed by atoms with Crippen molar-refractivity contribution in [2.24, 2.45) is 5.92 Å². The van der Waals surface area contributed by atoms with E-state index in [0.717, 1.165) is 12.8 Å². The summed E-state index contributed by atoms with van der Waals surface area (Å²) < 4.78 is 27.1. The predicted molar refractivity (Wildman–Crippen MR) is 73.0 cm³/mol. The molecule has 1 fully saturated rings. The molecule has 0 radical (unpaired) electrons. The van der Waals surface area contributed by atoms with E-state index in [-0.39, 0.29) is 16.0 Å². The van der Waals surface area contributed by atoms with Crippen molar-refractivity contribution in [3.63, 3.8) is 0 Å². The Labute approximate surface area is 113 Å². The molecule has 0 bridgehead atoms. The second-order valence-electron chi connectivity index (χ2n) is 4.79. The summed E-state index contributed by atoms with van der Waals surface area (Å²) in [4.78, 5) is 0.0512. The fraction of sp³-hybridized carbons (Fsp3) is 0.500. The van der Waals surface area contributed by atoms with Crippen LogP contribution in [0.15, 0.2) is 23.1 Å². The highest BCUT2D eigenvalue weighted by Gasteiger charge is 2.28. The van der Waals surface area contributed by atoms with E-state index in [9.17, 15) is 8.42 Å². The molecule has 1 saturated carbocycles. The number of nitrogen functional groups attached to an aromatic ring is 1. The van der Waals surface area contributed by atoms with Crippen molar-refractivity contribution >= 4 is 27.3 Å². The first-order chi connectivity index (χ1) is 8.40. The molecule has 3 N–H and O–H groups in total. The van der Waals surface area contributed by atoms with Crippen LogP contribution in [0.5, 0.6) is 0 Å². The Morgan fingerprint density at radius 2 is 2.11 bits per heavy atom. The van der Waals surface area contributed by atoms with Crippen LogP contribution in [-0.4, -0.2) is 14.5 Å². The Balaban J connectivity index is 2.21. The van der Waals surface area contributed by atoms with Crippen LogP contribution in [0.3, 0.4) is 0 Å². The van der Waals surface area contributed by atoms with Gasteiger partial charge in [0.2, 0.25) is 10.0 Å². The molecule has 18 heavy (non-hydrogen) atoms. The molecule has 1 aliphatic carbocycles. The van der Waals surface area contributed by atoms with Crippen LogP contribution in [0.4, 0.5) is 5.69 Å². The average molecular weight is 289 g/mol. The molecule has 0 saturated heterocycles. The Bertz CT molecular complexity index is 541. The number of benzene rings is 1. The third-order valence-corrected chi connectivity index (χ3v) is 5.48. The van der Waals surface area contributed by atoms with Gasteiger partial charge in [-0.1, -0.05) is 18.0 Å². The molecule has 1 aliphatic rings. The van der Waals surface area contributed by atoms with Crippen LogP contribution in [0, 0.1) is 5.92 Å². The van der Waals surface area contributed by atoms with Crippen molar-refractivity contribution in [3.8, 4) is 0 Å². The van der Waals surface area contributed by atoms with E-state index < -0.39 is 10.0 Å². The molecule has 100 valence electrons. The number of halogens is 1. The van der Waals surface area contributed by atoms with Crippen molar-refractivity contribution in [2.45, 2.75) is 37.1 Å². The maximum absolute atomic E-state index is 12.2. The fourth-order valence-electron chi connectivity index (χ4n) is 2.07. The zero-order valence-corrected chi connectivity index (χ0v) is 11.8. The summed E-state index contributed by atoms with van der Waals surface area (Å²) in [7, 11) is -3.60. The first-order valence-electron chi connectivity index (χ1n) is 5.97. The lowest BCUT2D eigenvalue weighted by Gasteiger charge is -2.31. The molecular weight excluding hydrogens is 272 g/mol. The van der Waals surface area contributed by atoms with Crippen molar-refractivity contribution < 1.29 is 8.42 Å². The van der Waals surface area contributed by atoms with E-state index >= 15 is 0 Å². The van der Waals surface area contributed by atoms with Gasteiger partial charge < -0.3 is 5.73 Å². The van der Waals surface area contributed by atoms with E-state index in [2.05, 4.69) is 4.72 Å². The number of nitrogens with two attached hydrogens (primary N) is 1. The zero-order valence-electron chi connectivity index (χ0n) is 10.2. The van der Waals surface area contributed by atoms with Crippen LogP contribution < -0.4 is 10.5 Å². The summed E-state index contributed by atoms with van der Waals surface area (Å²) in [5.74, 6) is 0.430. The Hall–Kier alpha value is -0.780. The van der Waals surface area contributed by atoms with Gasteiger partial charge in [-0.25, -0.2) is 13.1 Å². The SMILES string of the molecule is CC(NS(=O)(=O)c1cc(N)ccc1Cl)C1CCC1. The van der Waals surface area contributed by atoms with Crippen LogP contribution >= 0.6 is 11.6 Å². The first-order valence-corrected chi connectivity index (χ1v) is 7.83. The topological polar surface area (TPSA) is 72.2 Å². The van der Waals surface area contributed by atoms with Crippen molar-refractivity contribution in [1.82, 2.24) is 4.72 Å². The van der Waals surface area contributed by atoms with Gasteiger partial charge in [0.1, 0.15) is 4.90 Å². The third-order valence-electron chi connectivity index (χ3n) is 3.44. The summed E-state index contributed by atoms with van der Waals surface area (Å²) >= 11 is 5.92. The highest BCUT2D eigenvalue weighted by Crippen LogP contribution is 2.31. The van der Waals surface area contributed by atoms with E-state index in [1.165, 1.54) is 18.6 Å². The lowest BCUT2D eigenvalue weighted by Crippen LogP contribution is -2.40. The Kier molecular flexibility index (Phi) is 3.84. The minimum Gasteiger partial charge on any atom is -0.399 e. The van der Waals surface area contributed by atoms with Crippen molar-refractivity contribution in [2.75, 3.05) is 5.73 Å². The standard InChI is InChI=1S/C12H17ClN2O2S/c1-8(9-3-2-4-9)15-18(16,17)12-7-10(14)5-6-11(12)13/h5-9,15H,2-4,14H2,1H3. The summed E-state index contributed by atoms with van der Waals surface area (Å²) in [5.41, 5.74) is 5.99. The van der Waals surface area contributed by atoms with Crippen molar-refractivity contribution in [1.29, 1.82) is 0 Å². The second kappa shape index (κ2) is 5.07. The van der Waals surface area contributed by atoms with Gasteiger partial charge in [0.05, 0.1) is 5.02 Å². The molecule has 0 aromatic heterocycles. The highest BCUT2D eigenvalue weighted by molar-refractivity contribution is 7.89. The molecule has 0 amide bonds. The molecule has 6 heteroatoms. The van der Waals surface area contributed by atoms with Crippen LogP contribution in [0.25, 0.3) is 0 Å². The number of anilines is 1. The number of hydrogen-bond donors (Lipinski definition) is 2. The number of nitrogens with one attached hydrogen (secondary N) is 1. The number of hydrogen-bond acceptors (Lipinski definition) is 3. The molecule has 1 aromatic carbocycles. The third kappa shape index (κ3) is 2.79. The molecule has 4 nitrogen and oxygen atoms in total. The quantitative estimate of drug-likeness (QED) is 0.836. The monoisotopic (exact) mass is 288 g/mol. The van der Waals surface area contributed by atoms with Crippen LogP contribution in [-0.2, 0) is 10.0 Å². The summed E-state index contributed by atoms with van der Waals surface area (Å²) in [6, 6.07) is 4.40. The molecule has 1 aromatic rings. The smallest absolute Gasteiger partial charge is 0.242 e. The van der Waals surface area contributed by atoms with Gasteiger partial charge in [-0.2, -0.15) is 0 Å². The van der Waals surface area contributed by atoms with Gasteiger partial charge in [-0.15, -0.1) is 0 Å². The Morgan fingerprint density at radius 1 is 1.44 bits per heavy atom. The van der Waals surface area contributed by atoms with E-state index in [0.29, 0.717) is 11.6 Å². The maximum Gasteiger partial charge on any atom is 0.242 e. The first kappa shape index (κ1) is 13.6. The van der Waals surface area contributed by atoms with Crippen LogP contribution in [0.1, 0.15) is 26.2 Å². The lowest BCUT2D eigenvalue weighted by atomic mass is 9.81. The van der Waals surface area contributed by atoms with Crippen molar-refractivity contribution in [3.05, 3.63) is 23.2 Å². The van der Waals surface area contributed by atoms with Gasteiger partial charge in [0.25, 0.3) is 0 Å². The summed E-state index contributed by atoms with van der Waals surface area (Å²) in [6.07, 6.45) is 3.33. The average Bonchev–Trinajstić information content (AvgIpc) is 2.17. The maximum atomic E-state index is 12.2. The second-order valence-corrected chi connectivity index (χ2v) is 6.88. The van der Waals surface area contributed by atoms with E-state index in [4.69, 9.17) is 17.3 Å². The molecule has 0 heterocycles. The summed E-state index contributed by atoms with van der Waals surface area (Å²) in [6.45, 7) is 1.89. The number of rotatable bonds is 4. The molecule has 1 unspecified atom stereocenters. The molecular formula is C12H17ClN2O2S. The zero-order chi connectivity index (χ0) is 13.3. The fourth-order valence-corrected chi connectivity index (χ4v) is 3.92. The minimum atomic E-state index is -3.60. The summed E-state index contributed by atoms with van der Waals surface area (Å²) in [5, 5.41) is 0.192. The lowest BCUT2D eigenvalue weighted by molar-refractivity contribution is 0.260. The normalized spacial score (nSPS) is 18.3. The largest absolute Gasteiger partial charge is 0.399 e. The highest BCUT2D eigenvalue weighted by atomic mass is 35.5. The predicted octanol–water partition coefficient (Wildman–Crippen LogP) is 2.39. The molecule has 0 aliphatic heterocycles. The minimum absolute atomic E-state index is 0.0512. The van der Waals surface area contributed by atoms with Gasteiger partial charge in [0.15, 0.2) is 0 Å². The van der Waals surface area contributed by atoms with Gasteiger partial charge in [0, 0.05) is 11.7 Å². The molecule has 0 spiro atoms. The molecule has 1 atom stereocenters. The molecule has 2 rings (SSSR count). The van der Waals surface area contributed by atoms with Gasteiger partial charge in [-0.05, 0) is 43.9 Å². The Morgan fingerprint density at radius 3 is 2.67 bits per heavy atom.